The van der Waals surface area contributed by atoms with Crippen LogP contribution in [0.25, 0.3) is 0 Å². The molecule has 276 valence electrons. The Kier molecular flexibility index (Phi) is 11.0. The van der Waals surface area contributed by atoms with Crippen LogP contribution in [0.4, 0.5) is 30.2 Å². The molecule has 0 aromatic heterocycles. The van der Waals surface area contributed by atoms with Gasteiger partial charge in [-0.1, -0.05) is 0 Å². The van der Waals surface area contributed by atoms with Crippen molar-refractivity contribution in [2.24, 2.45) is 4.52 Å². The quantitative estimate of drug-likeness (QED) is 0.0802. The van der Waals surface area contributed by atoms with Gasteiger partial charge in [-0.15, -0.1) is 4.52 Å². The second-order valence-corrected chi connectivity index (χ2v) is 16.7. The van der Waals surface area contributed by atoms with Gasteiger partial charge in [0, 0.05) is 26.3 Å². The summed E-state index contributed by atoms with van der Waals surface area (Å²) in [6.07, 6.45) is 0. The number of benzene rings is 6. The molecule has 0 spiro atoms. The molecule has 6 aromatic carbocycles. The third-order valence-corrected chi connectivity index (χ3v) is 14.0. The van der Waals surface area contributed by atoms with Crippen molar-refractivity contribution in [1.29, 1.82) is 0 Å². The van der Waals surface area contributed by atoms with Crippen molar-refractivity contribution in [3.8, 4) is 34.5 Å². The molecule has 0 saturated carbocycles. The summed E-state index contributed by atoms with van der Waals surface area (Å²) in [6.45, 7) is 0. The molecule has 18 heteroatoms. The molecule has 0 aliphatic carbocycles. The lowest BCUT2D eigenvalue weighted by Gasteiger charge is -2.43. The van der Waals surface area contributed by atoms with Gasteiger partial charge in [-0.3, -0.25) is 0 Å². The molecule has 0 amide bonds. The third-order valence-electron chi connectivity index (χ3n) is 7.12. The molecule has 0 fully saturated rings. The highest BCUT2D eigenvalue weighted by Gasteiger charge is 2.58. The molecular formula is C36H30F3N6O6P3. The largest absolute Gasteiger partial charge is 0.447 e. The second kappa shape index (κ2) is 16.1. The molecular weight excluding hydrogens is 762 g/mol. The Balaban J connectivity index is 1.48. The van der Waals surface area contributed by atoms with Crippen LogP contribution in [0.2, 0.25) is 0 Å². The Morgan fingerprint density at radius 2 is 0.796 bits per heavy atom. The first-order chi connectivity index (χ1) is 26.1. The second-order valence-electron chi connectivity index (χ2n) is 11.2. The third kappa shape index (κ3) is 8.91. The van der Waals surface area contributed by atoms with E-state index in [0.29, 0.717) is 28.6 Å². The molecule has 6 N–H and O–H groups in total. The fourth-order valence-electron chi connectivity index (χ4n) is 4.52. The lowest BCUT2D eigenvalue weighted by Crippen LogP contribution is -2.37. The van der Waals surface area contributed by atoms with Crippen LogP contribution in [0, 0.1) is 17.5 Å². The van der Waals surface area contributed by atoms with Crippen LogP contribution >= 0.6 is 24.6 Å². The van der Waals surface area contributed by atoms with Crippen LogP contribution in [0.1, 0.15) is 0 Å². The van der Waals surface area contributed by atoms with E-state index in [-0.39, 0.29) is 23.0 Å². The van der Waals surface area contributed by atoms with Gasteiger partial charge in [-0.2, -0.15) is 0 Å². The highest BCUT2D eigenvalue weighted by molar-refractivity contribution is 7.78. The van der Waals surface area contributed by atoms with Crippen LogP contribution in [-0.2, 0) is 0 Å². The zero-order valence-electron chi connectivity index (χ0n) is 27.9. The maximum absolute atomic E-state index is 14.2. The van der Waals surface area contributed by atoms with Crippen molar-refractivity contribution in [2.45, 2.75) is 0 Å². The van der Waals surface area contributed by atoms with Crippen molar-refractivity contribution in [3.05, 3.63) is 163 Å². The molecule has 7 rings (SSSR count). The Morgan fingerprint density at radius 3 is 1.24 bits per heavy atom. The average molecular weight is 793 g/mol. The van der Waals surface area contributed by atoms with E-state index < -0.39 is 42.0 Å². The van der Waals surface area contributed by atoms with E-state index in [9.17, 15) is 13.2 Å². The van der Waals surface area contributed by atoms with Crippen molar-refractivity contribution in [3.63, 3.8) is 0 Å². The summed E-state index contributed by atoms with van der Waals surface area (Å²) < 4.78 is 76.7. The number of anilines is 3. The predicted molar refractivity (Wildman–Crippen MR) is 202 cm³/mol. The summed E-state index contributed by atoms with van der Waals surface area (Å²) in [5.74, 6) is -0.235. The molecule has 0 bridgehead atoms. The van der Waals surface area contributed by atoms with Crippen LogP contribution in [0.3, 0.4) is 0 Å². The standard InChI is InChI=1S/C36H30F3N6O6P3/c37-25-1-13-33(14-2-25)48-52-43-54(50-35-15-3-26(38)4-16-35,51-36-17-5-27(39)6-18-36)45(47-32-21-9-29(41)10-22-32)53(49-34-23-11-30(42)12-24-34)44(52)46-31-19-7-28(40)8-20-31/h1-24H,40-42H2. The Labute approximate surface area is 310 Å². The maximum Gasteiger partial charge on any atom is 0.447 e. The minimum Gasteiger partial charge on any atom is -0.440 e. The van der Waals surface area contributed by atoms with Gasteiger partial charge in [0.25, 0.3) is 0 Å². The van der Waals surface area contributed by atoms with Gasteiger partial charge in [0.15, 0.2) is 0 Å². The van der Waals surface area contributed by atoms with E-state index in [1.54, 1.807) is 72.8 Å². The van der Waals surface area contributed by atoms with Crippen LogP contribution in [0.5, 0.6) is 34.5 Å². The number of halogens is 3. The summed E-state index contributed by atoms with van der Waals surface area (Å²) in [6, 6.07) is 35.1. The van der Waals surface area contributed by atoms with Crippen molar-refractivity contribution >= 4 is 41.6 Å². The Hall–Kier alpha value is -5.68. The van der Waals surface area contributed by atoms with Gasteiger partial charge in [-0.25, -0.2) is 13.2 Å². The summed E-state index contributed by atoms with van der Waals surface area (Å²) >= 11 is 0. The van der Waals surface area contributed by atoms with Crippen molar-refractivity contribution in [1.82, 2.24) is 9.21 Å². The molecule has 1 aliphatic rings. The van der Waals surface area contributed by atoms with E-state index >= 15 is 0 Å². The van der Waals surface area contributed by atoms with Gasteiger partial charge >= 0.3 is 24.6 Å². The molecule has 2 atom stereocenters. The first kappa shape index (κ1) is 36.7. The number of rotatable bonds is 12. The lowest BCUT2D eigenvalue weighted by molar-refractivity contribution is 0.0546. The number of hydrogen-bond donors (Lipinski definition) is 3. The average Bonchev–Trinajstić information content (AvgIpc) is 3.16. The van der Waals surface area contributed by atoms with Gasteiger partial charge in [0.1, 0.15) is 51.9 Å². The van der Waals surface area contributed by atoms with Crippen LogP contribution in [0.15, 0.2) is 150 Å². The SMILES string of the molecule is Nc1ccc(ON2P(Oc3ccc(F)cc3)N=P(Oc3ccc(F)cc3)(Oc3ccc(F)cc3)N(Oc3ccc(N)cc3)P2Oc2ccc(N)cc2)cc1. The fourth-order valence-corrected chi connectivity index (χ4v) is 12.0. The van der Waals surface area contributed by atoms with E-state index in [2.05, 4.69) is 0 Å². The van der Waals surface area contributed by atoms with E-state index in [1.165, 1.54) is 82.0 Å². The normalized spacial score (nSPS) is 16.8. The number of nitrogens with two attached hydrogens (primary N) is 3. The predicted octanol–water partition coefficient (Wildman–Crippen LogP) is 10.5. The highest BCUT2D eigenvalue weighted by atomic mass is 31.3. The van der Waals surface area contributed by atoms with Gasteiger partial charge in [-0.05, 0) is 146 Å². The fraction of sp³-hybridized carbons (Fsp3) is 0. The molecule has 1 aliphatic heterocycles. The first-order valence-corrected chi connectivity index (χ1v) is 19.7. The number of hydrogen-bond acceptors (Lipinski definition) is 12. The minimum atomic E-state index is -4.18. The van der Waals surface area contributed by atoms with Gasteiger partial charge < -0.3 is 45.0 Å². The smallest absolute Gasteiger partial charge is 0.440 e. The summed E-state index contributed by atoms with van der Waals surface area (Å²) in [7, 11) is -9.08. The maximum atomic E-state index is 14.2. The molecule has 0 radical (unpaired) electrons. The van der Waals surface area contributed by atoms with E-state index in [4.69, 9.17) is 49.5 Å². The molecule has 12 nitrogen and oxygen atoms in total. The van der Waals surface area contributed by atoms with Gasteiger partial charge in [0.2, 0.25) is 0 Å². The lowest BCUT2D eigenvalue weighted by atomic mass is 10.3. The topological polar surface area (TPSA) is 152 Å². The van der Waals surface area contributed by atoms with Crippen molar-refractivity contribution in [2.75, 3.05) is 17.2 Å². The first-order valence-electron chi connectivity index (χ1n) is 15.9. The molecule has 0 saturated heterocycles. The van der Waals surface area contributed by atoms with E-state index in [1.807, 2.05) is 0 Å². The monoisotopic (exact) mass is 792 g/mol. The van der Waals surface area contributed by atoms with E-state index in [0.717, 1.165) is 0 Å². The minimum absolute atomic E-state index is 0.119. The summed E-state index contributed by atoms with van der Waals surface area (Å²) in [5.41, 5.74) is 19.4. The highest BCUT2D eigenvalue weighted by Crippen LogP contribution is 2.77. The van der Waals surface area contributed by atoms with Crippen LogP contribution < -0.4 is 45.0 Å². The molecule has 2 unspecified atom stereocenters. The molecule has 1 heterocycles. The Bertz CT molecular complexity index is 2180. The molecule has 6 aromatic rings. The molecule has 54 heavy (non-hydrogen) atoms. The summed E-state index contributed by atoms with van der Waals surface area (Å²) in [5, 5.41) is 0. The summed E-state index contributed by atoms with van der Waals surface area (Å²) in [4.78, 5) is 13.1. The Morgan fingerprint density at radius 1 is 0.444 bits per heavy atom. The zero-order valence-corrected chi connectivity index (χ0v) is 30.5. The number of nitrogen functional groups attached to an aromatic ring is 3. The van der Waals surface area contributed by atoms with Crippen LogP contribution in [-0.4, -0.2) is 9.21 Å². The number of nitrogens with zero attached hydrogens (tertiary/aromatic N) is 3. The zero-order chi connectivity index (χ0) is 37.7. The van der Waals surface area contributed by atoms with Gasteiger partial charge in [0.05, 0.1) is 0 Å². The van der Waals surface area contributed by atoms with Crippen molar-refractivity contribution < 1.29 is 40.9 Å².